The predicted octanol–water partition coefficient (Wildman–Crippen LogP) is 3.55. The lowest BCUT2D eigenvalue weighted by atomic mass is 10.2. The molecular formula is C16H20N2O. The van der Waals surface area contributed by atoms with Gasteiger partial charge in [-0.15, -0.1) is 0 Å². The first-order chi connectivity index (χ1) is 9.33. The van der Waals surface area contributed by atoms with Crippen LogP contribution < -0.4 is 10.1 Å². The molecule has 0 spiro atoms. The van der Waals surface area contributed by atoms with Gasteiger partial charge in [0.25, 0.3) is 0 Å². The van der Waals surface area contributed by atoms with Crippen LogP contribution in [0.2, 0.25) is 0 Å². The second-order valence-electron chi connectivity index (χ2n) is 4.36. The summed E-state index contributed by atoms with van der Waals surface area (Å²) in [7, 11) is 0. The number of ether oxygens (including phenoxy) is 1. The molecule has 0 aliphatic heterocycles. The Balaban J connectivity index is 2.12. The third-order valence-electron chi connectivity index (χ3n) is 2.99. The lowest BCUT2D eigenvalue weighted by Crippen LogP contribution is -2.12. The molecule has 0 atom stereocenters. The molecule has 0 radical (unpaired) electrons. The molecule has 3 heteroatoms. The summed E-state index contributed by atoms with van der Waals surface area (Å²) in [6, 6.07) is 10.2. The summed E-state index contributed by atoms with van der Waals surface area (Å²) in [5, 5.41) is 3.30. The highest BCUT2D eigenvalue weighted by molar-refractivity contribution is 5.36. The van der Waals surface area contributed by atoms with E-state index in [0.29, 0.717) is 0 Å². The zero-order valence-corrected chi connectivity index (χ0v) is 11.5. The number of aryl methyl sites for hydroxylation is 1. The molecule has 100 valence electrons. The molecule has 1 heterocycles. The summed E-state index contributed by atoms with van der Waals surface area (Å²) in [4.78, 5) is 4.13. The maximum atomic E-state index is 5.90. The molecule has 3 nitrogen and oxygen atoms in total. The molecule has 0 fully saturated rings. The van der Waals surface area contributed by atoms with Gasteiger partial charge in [0.15, 0.2) is 0 Å². The Labute approximate surface area is 114 Å². The van der Waals surface area contributed by atoms with Gasteiger partial charge in [-0.25, -0.2) is 0 Å². The van der Waals surface area contributed by atoms with Crippen LogP contribution in [-0.2, 0) is 13.0 Å². The summed E-state index contributed by atoms with van der Waals surface area (Å²) in [6.07, 6.45) is 4.60. The standard InChI is InChI=1S/C16H20N2O/c1-3-13-5-7-15(8-6-13)19-16-12-18-10-9-14(16)11-17-4-2/h5-10,12,17H,3-4,11H2,1-2H3. The van der Waals surface area contributed by atoms with Crippen LogP contribution in [0.3, 0.4) is 0 Å². The van der Waals surface area contributed by atoms with E-state index in [1.54, 1.807) is 12.4 Å². The Kier molecular flexibility index (Phi) is 4.93. The van der Waals surface area contributed by atoms with E-state index in [9.17, 15) is 0 Å². The van der Waals surface area contributed by atoms with E-state index in [-0.39, 0.29) is 0 Å². The van der Waals surface area contributed by atoms with Crippen molar-refractivity contribution in [3.8, 4) is 11.5 Å². The maximum absolute atomic E-state index is 5.90. The Morgan fingerprint density at radius 3 is 2.58 bits per heavy atom. The Bertz CT molecular complexity index is 508. The molecule has 19 heavy (non-hydrogen) atoms. The molecule has 2 aromatic rings. The van der Waals surface area contributed by atoms with Gasteiger partial charge in [0.2, 0.25) is 0 Å². The summed E-state index contributed by atoms with van der Waals surface area (Å²) in [5.74, 6) is 1.66. The minimum absolute atomic E-state index is 0.793. The largest absolute Gasteiger partial charge is 0.455 e. The van der Waals surface area contributed by atoms with Crippen LogP contribution in [0.4, 0.5) is 0 Å². The first kappa shape index (κ1) is 13.6. The molecule has 1 aromatic carbocycles. The van der Waals surface area contributed by atoms with Crippen molar-refractivity contribution >= 4 is 0 Å². The highest BCUT2D eigenvalue weighted by atomic mass is 16.5. The average molecular weight is 256 g/mol. The van der Waals surface area contributed by atoms with Gasteiger partial charge in [-0.05, 0) is 36.7 Å². The number of nitrogens with one attached hydrogen (secondary N) is 1. The van der Waals surface area contributed by atoms with Crippen LogP contribution in [0.1, 0.15) is 25.0 Å². The van der Waals surface area contributed by atoms with Gasteiger partial charge in [-0.1, -0.05) is 26.0 Å². The van der Waals surface area contributed by atoms with Crippen molar-refractivity contribution in [2.24, 2.45) is 0 Å². The summed E-state index contributed by atoms with van der Waals surface area (Å²) in [6.45, 7) is 5.96. The van der Waals surface area contributed by atoms with Gasteiger partial charge in [-0.2, -0.15) is 0 Å². The number of nitrogens with zero attached hydrogens (tertiary/aromatic N) is 1. The highest BCUT2D eigenvalue weighted by Crippen LogP contribution is 2.24. The normalized spacial score (nSPS) is 10.4. The van der Waals surface area contributed by atoms with E-state index in [4.69, 9.17) is 4.74 Å². The summed E-state index contributed by atoms with van der Waals surface area (Å²) < 4.78 is 5.90. The average Bonchev–Trinajstić information content (AvgIpc) is 2.47. The van der Waals surface area contributed by atoms with Gasteiger partial charge in [0.1, 0.15) is 11.5 Å². The van der Waals surface area contributed by atoms with E-state index >= 15 is 0 Å². The van der Waals surface area contributed by atoms with Gasteiger partial charge in [-0.3, -0.25) is 4.98 Å². The van der Waals surface area contributed by atoms with Crippen LogP contribution in [-0.4, -0.2) is 11.5 Å². The van der Waals surface area contributed by atoms with E-state index in [1.807, 2.05) is 18.2 Å². The third kappa shape index (κ3) is 3.80. The van der Waals surface area contributed by atoms with Crippen LogP contribution in [0, 0.1) is 0 Å². The minimum Gasteiger partial charge on any atom is -0.455 e. The molecule has 0 saturated heterocycles. The number of hydrogen-bond donors (Lipinski definition) is 1. The van der Waals surface area contributed by atoms with Crippen LogP contribution in [0.15, 0.2) is 42.7 Å². The lowest BCUT2D eigenvalue weighted by molar-refractivity contribution is 0.470. The molecule has 1 N–H and O–H groups in total. The molecule has 0 unspecified atom stereocenters. The van der Waals surface area contributed by atoms with Crippen molar-refractivity contribution < 1.29 is 4.74 Å². The Morgan fingerprint density at radius 2 is 1.89 bits per heavy atom. The SMILES string of the molecule is CCNCc1ccncc1Oc1ccc(CC)cc1. The lowest BCUT2D eigenvalue weighted by Gasteiger charge is -2.11. The molecule has 0 bridgehead atoms. The van der Waals surface area contributed by atoms with Gasteiger partial charge < -0.3 is 10.1 Å². The van der Waals surface area contributed by atoms with E-state index in [2.05, 4.69) is 36.3 Å². The zero-order chi connectivity index (χ0) is 13.5. The van der Waals surface area contributed by atoms with Crippen LogP contribution >= 0.6 is 0 Å². The Morgan fingerprint density at radius 1 is 1.11 bits per heavy atom. The molecule has 0 aliphatic carbocycles. The molecular weight excluding hydrogens is 236 g/mol. The number of aromatic nitrogens is 1. The minimum atomic E-state index is 0.793. The van der Waals surface area contributed by atoms with Crippen LogP contribution in [0.25, 0.3) is 0 Å². The number of hydrogen-bond acceptors (Lipinski definition) is 3. The van der Waals surface area contributed by atoms with Crippen LogP contribution in [0.5, 0.6) is 11.5 Å². The van der Waals surface area contributed by atoms with E-state index in [0.717, 1.165) is 36.6 Å². The van der Waals surface area contributed by atoms with Crippen molar-refractivity contribution in [1.29, 1.82) is 0 Å². The molecule has 0 aliphatic rings. The summed E-state index contributed by atoms with van der Waals surface area (Å²) in [5.41, 5.74) is 2.43. The van der Waals surface area contributed by atoms with Gasteiger partial charge >= 0.3 is 0 Å². The molecule has 1 aromatic heterocycles. The monoisotopic (exact) mass is 256 g/mol. The van der Waals surface area contributed by atoms with Crippen molar-refractivity contribution in [1.82, 2.24) is 10.3 Å². The molecule has 2 rings (SSSR count). The molecule has 0 saturated carbocycles. The topological polar surface area (TPSA) is 34.2 Å². The van der Waals surface area contributed by atoms with Crippen molar-refractivity contribution in [2.45, 2.75) is 26.8 Å². The fourth-order valence-electron chi connectivity index (χ4n) is 1.83. The third-order valence-corrected chi connectivity index (χ3v) is 2.99. The number of benzene rings is 1. The quantitative estimate of drug-likeness (QED) is 0.858. The summed E-state index contributed by atoms with van der Waals surface area (Å²) >= 11 is 0. The first-order valence-electron chi connectivity index (χ1n) is 6.74. The maximum Gasteiger partial charge on any atom is 0.150 e. The molecule has 0 amide bonds. The Hall–Kier alpha value is -1.87. The van der Waals surface area contributed by atoms with Gasteiger partial charge in [0, 0.05) is 18.3 Å². The highest BCUT2D eigenvalue weighted by Gasteiger charge is 2.04. The van der Waals surface area contributed by atoms with Gasteiger partial charge in [0.05, 0.1) is 6.20 Å². The fourth-order valence-corrected chi connectivity index (χ4v) is 1.83. The fraction of sp³-hybridized carbons (Fsp3) is 0.312. The van der Waals surface area contributed by atoms with E-state index < -0.39 is 0 Å². The zero-order valence-electron chi connectivity index (χ0n) is 11.5. The number of pyridine rings is 1. The number of rotatable bonds is 6. The predicted molar refractivity (Wildman–Crippen MR) is 77.5 cm³/mol. The van der Waals surface area contributed by atoms with Crippen molar-refractivity contribution in [3.05, 3.63) is 53.9 Å². The first-order valence-corrected chi connectivity index (χ1v) is 6.74. The second kappa shape index (κ2) is 6.90. The van der Waals surface area contributed by atoms with Crippen molar-refractivity contribution in [2.75, 3.05) is 6.54 Å². The second-order valence-corrected chi connectivity index (χ2v) is 4.36. The van der Waals surface area contributed by atoms with Crippen molar-refractivity contribution in [3.63, 3.8) is 0 Å². The smallest absolute Gasteiger partial charge is 0.150 e. The van der Waals surface area contributed by atoms with E-state index in [1.165, 1.54) is 5.56 Å².